The minimum atomic E-state index is -0.311. The van der Waals surface area contributed by atoms with Crippen molar-refractivity contribution in [1.82, 2.24) is 0 Å². The van der Waals surface area contributed by atoms with Crippen molar-refractivity contribution in [3.8, 4) is 0 Å². The highest BCUT2D eigenvalue weighted by molar-refractivity contribution is 6.39. The third-order valence-electron chi connectivity index (χ3n) is 2.01. The van der Waals surface area contributed by atoms with Crippen LogP contribution in [0.3, 0.4) is 0 Å². The maximum Gasteiger partial charge on any atom is 0.129 e. The summed E-state index contributed by atoms with van der Waals surface area (Å²) < 4.78 is 0. The predicted octanol–water partition coefficient (Wildman–Crippen LogP) is 5.38. The van der Waals surface area contributed by atoms with Crippen LogP contribution in [-0.2, 0) is 11.3 Å². The van der Waals surface area contributed by atoms with Gasteiger partial charge in [-0.25, -0.2) is 0 Å². The van der Waals surface area contributed by atoms with Crippen LogP contribution in [0.15, 0.2) is 17.3 Å². The molecule has 5 heteroatoms. The second kappa shape index (κ2) is 6.14. The molecule has 2 nitrogen and oxygen atoms in total. The maximum atomic E-state index is 6.10. The minimum absolute atomic E-state index is 0.311. The molecular formula is C13H16Cl3NO. The highest BCUT2D eigenvalue weighted by Gasteiger charge is 2.12. The first-order valence-electron chi connectivity index (χ1n) is 5.54. The molecule has 0 saturated heterocycles. The first kappa shape index (κ1) is 15.6. The van der Waals surface area contributed by atoms with Crippen molar-refractivity contribution >= 4 is 40.5 Å². The zero-order chi connectivity index (χ0) is 13.9. The van der Waals surface area contributed by atoms with E-state index in [0.717, 1.165) is 11.3 Å². The molecule has 100 valence electrons. The van der Waals surface area contributed by atoms with E-state index in [1.54, 1.807) is 12.1 Å². The van der Waals surface area contributed by atoms with Gasteiger partial charge < -0.3 is 4.84 Å². The Labute approximate surface area is 123 Å². The third-order valence-corrected chi connectivity index (χ3v) is 2.91. The number of hydrogen-bond donors (Lipinski definition) is 0. The van der Waals surface area contributed by atoms with E-state index in [1.165, 1.54) is 0 Å². The van der Waals surface area contributed by atoms with Gasteiger partial charge in [0.25, 0.3) is 0 Å². The Bertz CT molecular complexity index is 441. The summed E-state index contributed by atoms with van der Waals surface area (Å²) in [4.78, 5) is 5.34. The largest absolute Gasteiger partial charge is 0.390 e. The van der Waals surface area contributed by atoms with Crippen LogP contribution in [0.1, 0.15) is 33.3 Å². The molecule has 0 amide bonds. The zero-order valence-electron chi connectivity index (χ0n) is 10.9. The van der Waals surface area contributed by atoms with Gasteiger partial charge in [-0.05, 0) is 45.4 Å². The van der Waals surface area contributed by atoms with Gasteiger partial charge in [0.05, 0.1) is 5.71 Å². The number of rotatable bonds is 3. The Morgan fingerprint density at radius 3 is 2.11 bits per heavy atom. The quantitative estimate of drug-likeness (QED) is 0.542. The van der Waals surface area contributed by atoms with Crippen LogP contribution < -0.4 is 0 Å². The van der Waals surface area contributed by atoms with E-state index in [1.807, 2.05) is 27.7 Å². The number of hydrogen-bond acceptors (Lipinski definition) is 2. The topological polar surface area (TPSA) is 21.6 Å². The van der Waals surface area contributed by atoms with Gasteiger partial charge in [0.1, 0.15) is 5.60 Å². The summed E-state index contributed by atoms with van der Waals surface area (Å²) in [6.45, 7) is 7.68. The lowest BCUT2D eigenvalue weighted by atomic mass is 10.1. The smallest absolute Gasteiger partial charge is 0.129 e. The van der Waals surface area contributed by atoms with E-state index in [2.05, 4.69) is 5.16 Å². The summed E-state index contributed by atoms with van der Waals surface area (Å²) in [5.41, 5.74) is 1.30. The van der Waals surface area contributed by atoms with Crippen LogP contribution in [-0.4, -0.2) is 11.3 Å². The normalized spacial score (nSPS) is 12.7. The second-order valence-corrected chi connectivity index (χ2v) is 6.31. The minimum Gasteiger partial charge on any atom is -0.390 e. The molecule has 0 aliphatic heterocycles. The fourth-order valence-corrected chi connectivity index (χ4v) is 2.19. The molecule has 1 aromatic rings. The molecule has 0 aliphatic rings. The first-order valence-corrected chi connectivity index (χ1v) is 6.67. The Hall–Kier alpha value is -0.440. The van der Waals surface area contributed by atoms with Crippen molar-refractivity contribution in [2.45, 2.75) is 39.7 Å². The van der Waals surface area contributed by atoms with Crippen LogP contribution in [0.5, 0.6) is 0 Å². The van der Waals surface area contributed by atoms with Crippen LogP contribution in [0.2, 0.25) is 15.1 Å². The molecule has 0 spiro atoms. The van der Waals surface area contributed by atoms with Crippen LogP contribution >= 0.6 is 34.8 Å². The second-order valence-electron chi connectivity index (χ2n) is 5.05. The van der Waals surface area contributed by atoms with Crippen molar-refractivity contribution in [3.05, 3.63) is 32.8 Å². The Kier molecular flexibility index (Phi) is 5.32. The Balaban J connectivity index is 2.85. The summed E-state index contributed by atoms with van der Waals surface area (Å²) in [6, 6.07) is 3.34. The Morgan fingerprint density at radius 1 is 1.17 bits per heavy atom. The van der Waals surface area contributed by atoms with Crippen LogP contribution in [0, 0.1) is 0 Å². The van der Waals surface area contributed by atoms with E-state index >= 15 is 0 Å². The standard InChI is InChI=1S/C13H16Cl3NO/c1-8(17-18-13(2,3)4)5-10-11(15)6-9(14)7-12(10)16/h6-7H,5H2,1-4H3/b17-8+. The molecule has 0 fully saturated rings. The van der Waals surface area contributed by atoms with Gasteiger partial charge in [-0.1, -0.05) is 40.0 Å². The lowest BCUT2D eigenvalue weighted by Gasteiger charge is -2.16. The van der Waals surface area contributed by atoms with Gasteiger partial charge in [-0.2, -0.15) is 0 Å². The molecule has 0 unspecified atom stereocenters. The molecule has 0 atom stereocenters. The Morgan fingerprint density at radius 2 is 1.67 bits per heavy atom. The highest BCUT2D eigenvalue weighted by Crippen LogP contribution is 2.29. The lowest BCUT2D eigenvalue weighted by molar-refractivity contribution is 0.000549. The molecular weight excluding hydrogens is 293 g/mol. The number of halogens is 3. The molecule has 0 radical (unpaired) electrons. The van der Waals surface area contributed by atoms with E-state index in [-0.39, 0.29) is 5.60 Å². The summed E-state index contributed by atoms with van der Waals surface area (Å²) in [5, 5.41) is 5.66. The fourth-order valence-electron chi connectivity index (χ4n) is 1.24. The average molecular weight is 309 g/mol. The van der Waals surface area contributed by atoms with Gasteiger partial charge in [0.15, 0.2) is 0 Å². The summed E-state index contributed by atoms with van der Waals surface area (Å²) in [7, 11) is 0. The predicted molar refractivity (Wildman–Crippen MR) is 79.1 cm³/mol. The third kappa shape index (κ3) is 5.05. The summed E-state index contributed by atoms with van der Waals surface area (Å²) >= 11 is 18.1. The van der Waals surface area contributed by atoms with E-state index < -0.39 is 0 Å². The van der Waals surface area contributed by atoms with Crippen molar-refractivity contribution in [1.29, 1.82) is 0 Å². The van der Waals surface area contributed by atoms with Gasteiger partial charge in [0, 0.05) is 21.5 Å². The molecule has 0 heterocycles. The van der Waals surface area contributed by atoms with Gasteiger partial charge >= 0.3 is 0 Å². The molecule has 1 aromatic carbocycles. The maximum absolute atomic E-state index is 6.10. The average Bonchev–Trinajstić information content (AvgIpc) is 2.19. The van der Waals surface area contributed by atoms with Gasteiger partial charge in [-0.15, -0.1) is 0 Å². The monoisotopic (exact) mass is 307 g/mol. The van der Waals surface area contributed by atoms with Crippen LogP contribution in [0.25, 0.3) is 0 Å². The zero-order valence-corrected chi connectivity index (χ0v) is 13.1. The summed E-state index contributed by atoms with van der Waals surface area (Å²) in [6.07, 6.45) is 0.533. The number of oxime groups is 1. The molecule has 0 bridgehead atoms. The fraction of sp³-hybridized carbons (Fsp3) is 0.462. The van der Waals surface area contributed by atoms with Crippen LogP contribution in [0.4, 0.5) is 0 Å². The highest BCUT2D eigenvalue weighted by atomic mass is 35.5. The molecule has 18 heavy (non-hydrogen) atoms. The molecule has 0 N–H and O–H groups in total. The van der Waals surface area contributed by atoms with E-state index in [9.17, 15) is 0 Å². The molecule has 0 aliphatic carbocycles. The summed E-state index contributed by atoms with van der Waals surface area (Å²) in [5.74, 6) is 0. The van der Waals surface area contributed by atoms with Crippen molar-refractivity contribution in [3.63, 3.8) is 0 Å². The van der Waals surface area contributed by atoms with Gasteiger partial charge in [0.2, 0.25) is 0 Å². The first-order chi connectivity index (χ1) is 8.19. The van der Waals surface area contributed by atoms with E-state index in [0.29, 0.717) is 21.5 Å². The molecule has 0 saturated carbocycles. The number of benzene rings is 1. The molecule has 0 aromatic heterocycles. The molecule has 1 rings (SSSR count). The van der Waals surface area contributed by atoms with Crippen molar-refractivity contribution < 1.29 is 4.84 Å². The number of nitrogens with zero attached hydrogens (tertiary/aromatic N) is 1. The van der Waals surface area contributed by atoms with E-state index in [4.69, 9.17) is 39.6 Å². The van der Waals surface area contributed by atoms with Crippen molar-refractivity contribution in [2.75, 3.05) is 0 Å². The SMILES string of the molecule is C/C(Cc1c(Cl)cc(Cl)cc1Cl)=N\OC(C)(C)C. The van der Waals surface area contributed by atoms with Gasteiger partial charge in [-0.3, -0.25) is 0 Å². The van der Waals surface area contributed by atoms with Crippen molar-refractivity contribution in [2.24, 2.45) is 5.16 Å². The lowest BCUT2D eigenvalue weighted by Crippen LogP contribution is -2.17.